The fourth-order valence-corrected chi connectivity index (χ4v) is 4.82. The van der Waals surface area contributed by atoms with Crippen LogP contribution in [0.4, 0.5) is 5.69 Å². The summed E-state index contributed by atoms with van der Waals surface area (Å²) in [4.78, 5) is 16.8. The van der Waals surface area contributed by atoms with Crippen LogP contribution in [0.2, 0.25) is 0 Å². The lowest BCUT2D eigenvalue weighted by Gasteiger charge is -2.25. The van der Waals surface area contributed by atoms with Crippen LogP contribution >= 0.6 is 15.9 Å². The minimum Gasteiger partial charge on any atom is -0.371 e. The second kappa shape index (κ2) is 9.28. The lowest BCUT2D eigenvalue weighted by Crippen LogP contribution is -2.39. The van der Waals surface area contributed by atoms with Crippen LogP contribution in [0.15, 0.2) is 57.9 Å². The van der Waals surface area contributed by atoms with Gasteiger partial charge in [0.1, 0.15) is 0 Å². The van der Waals surface area contributed by atoms with Gasteiger partial charge >= 0.3 is 0 Å². The number of carbonyl (C=O) groups is 1. The Morgan fingerprint density at radius 2 is 1.66 bits per heavy atom. The van der Waals surface area contributed by atoms with Crippen LogP contribution in [-0.4, -0.2) is 57.3 Å². The zero-order chi connectivity index (χ0) is 21.0. The van der Waals surface area contributed by atoms with Crippen molar-refractivity contribution in [2.45, 2.75) is 24.3 Å². The van der Waals surface area contributed by atoms with Gasteiger partial charge in [-0.05, 0) is 48.7 Å². The first-order valence-electron chi connectivity index (χ1n) is 9.58. The third-order valence-corrected chi connectivity index (χ3v) is 7.50. The Hall–Kier alpha value is -1.90. The number of sulfonamides is 1. The number of carbonyl (C=O) groups excluding carboxylic acids is 1. The number of benzene rings is 2. The molecule has 1 fully saturated rings. The molecule has 2 aromatic carbocycles. The maximum atomic E-state index is 12.7. The van der Waals surface area contributed by atoms with Gasteiger partial charge in [-0.2, -0.15) is 4.31 Å². The Balaban J connectivity index is 1.67. The van der Waals surface area contributed by atoms with E-state index in [0.717, 1.165) is 33.1 Å². The Bertz CT molecular complexity index is 957. The molecule has 0 saturated carbocycles. The van der Waals surface area contributed by atoms with Crippen molar-refractivity contribution in [3.05, 3.63) is 58.6 Å². The third-order valence-electron chi connectivity index (χ3n) is 5.15. The molecular weight excluding hydrogens is 454 g/mol. The second-order valence-electron chi connectivity index (χ2n) is 7.29. The summed E-state index contributed by atoms with van der Waals surface area (Å²) < 4.78 is 27.3. The molecule has 1 amide bonds. The van der Waals surface area contributed by atoms with Crippen LogP contribution in [-0.2, 0) is 21.4 Å². The Kier molecular flexibility index (Phi) is 6.97. The molecule has 0 unspecified atom stereocenters. The fourth-order valence-electron chi connectivity index (χ4n) is 3.44. The van der Waals surface area contributed by atoms with Crippen molar-refractivity contribution >= 4 is 37.5 Å². The van der Waals surface area contributed by atoms with Gasteiger partial charge in [0, 0.05) is 43.9 Å². The molecular formula is C21H26BrN3O3S. The van der Waals surface area contributed by atoms with Crippen LogP contribution in [0.25, 0.3) is 0 Å². The Morgan fingerprint density at radius 1 is 1.03 bits per heavy atom. The molecule has 1 saturated heterocycles. The maximum Gasteiger partial charge on any atom is 0.243 e. The molecule has 29 heavy (non-hydrogen) atoms. The van der Waals surface area contributed by atoms with E-state index in [0.29, 0.717) is 6.54 Å². The molecule has 156 valence electrons. The van der Waals surface area contributed by atoms with Crippen molar-refractivity contribution in [3.63, 3.8) is 0 Å². The number of amides is 1. The summed E-state index contributed by atoms with van der Waals surface area (Å²) in [6, 6.07) is 14.5. The number of para-hydroxylation sites is 1. The standard InChI is InChI=1S/C21H26BrN3O3S/c1-23(15-17-7-3-4-8-20(17)25-13-5-6-14-25)21(26)16-24(2)29(27,28)19-11-9-18(22)10-12-19/h3-4,7-12H,5-6,13-16H2,1-2H3. The molecule has 0 spiro atoms. The third kappa shape index (κ3) is 5.18. The van der Waals surface area contributed by atoms with E-state index in [1.807, 2.05) is 18.2 Å². The monoisotopic (exact) mass is 479 g/mol. The van der Waals surface area contributed by atoms with Crippen molar-refractivity contribution in [1.29, 1.82) is 0 Å². The second-order valence-corrected chi connectivity index (χ2v) is 10.2. The summed E-state index contributed by atoms with van der Waals surface area (Å²) >= 11 is 3.30. The van der Waals surface area contributed by atoms with E-state index in [1.54, 1.807) is 24.1 Å². The molecule has 1 heterocycles. The maximum absolute atomic E-state index is 12.7. The molecule has 3 rings (SSSR count). The van der Waals surface area contributed by atoms with E-state index in [1.165, 1.54) is 32.0 Å². The van der Waals surface area contributed by atoms with Gasteiger partial charge in [-0.3, -0.25) is 4.79 Å². The van der Waals surface area contributed by atoms with Gasteiger partial charge in [0.15, 0.2) is 0 Å². The summed E-state index contributed by atoms with van der Waals surface area (Å²) in [6.45, 7) is 2.30. The topological polar surface area (TPSA) is 60.9 Å². The summed E-state index contributed by atoms with van der Waals surface area (Å²) in [7, 11) is -0.578. The average Bonchev–Trinajstić information content (AvgIpc) is 3.23. The Labute approximate surface area is 181 Å². The highest BCUT2D eigenvalue weighted by molar-refractivity contribution is 9.10. The van der Waals surface area contributed by atoms with Crippen LogP contribution in [0.3, 0.4) is 0 Å². The largest absolute Gasteiger partial charge is 0.371 e. The number of nitrogens with zero attached hydrogens (tertiary/aromatic N) is 3. The first kappa shape index (κ1) is 21.8. The van der Waals surface area contributed by atoms with Crippen LogP contribution in [0.1, 0.15) is 18.4 Å². The minimum absolute atomic E-state index is 0.165. The van der Waals surface area contributed by atoms with Crippen molar-refractivity contribution in [2.24, 2.45) is 0 Å². The molecule has 2 aromatic rings. The number of likely N-dealkylation sites (N-methyl/N-ethyl adjacent to an activating group) is 2. The van der Waals surface area contributed by atoms with Gasteiger partial charge in [0.2, 0.25) is 15.9 Å². The van der Waals surface area contributed by atoms with E-state index in [9.17, 15) is 13.2 Å². The predicted octanol–water partition coefficient (Wildman–Crippen LogP) is 3.33. The molecule has 1 aliphatic rings. The van der Waals surface area contributed by atoms with Gasteiger partial charge in [-0.15, -0.1) is 0 Å². The summed E-state index contributed by atoms with van der Waals surface area (Å²) in [5, 5.41) is 0. The first-order chi connectivity index (χ1) is 13.8. The van der Waals surface area contributed by atoms with E-state index in [-0.39, 0.29) is 17.3 Å². The van der Waals surface area contributed by atoms with E-state index < -0.39 is 10.0 Å². The van der Waals surface area contributed by atoms with Gasteiger partial charge in [0.25, 0.3) is 0 Å². The minimum atomic E-state index is -3.72. The zero-order valence-electron chi connectivity index (χ0n) is 16.7. The summed E-state index contributed by atoms with van der Waals surface area (Å²) in [6.07, 6.45) is 2.36. The van der Waals surface area contributed by atoms with Crippen molar-refractivity contribution in [3.8, 4) is 0 Å². The van der Waals surface area contributed by atoms with E-state index in [4.69, 9.17) is 0 Å². The highest BCUT2D eigenvalue weighted by atomic mass is 79.9. The van der Waals surface area contributed by atoms with E-state index in [2.05, 4.69) is 26.9 Å². The molecule has 0 atom stereocenters. The molecule has 0 aliphatic carbocycles. The number of anilines is 1. The van der Waals surface area contributed by atoms with Gasteiger partial charge in [0.05, 0.1) is 11.4 Å². The lowest BCUT2D eigenvalue weighted by molar-refractivity contribution is -0.130. The van der Waals surface area contributed by atoms with Crippen LogP contribution < -0.4 is 4.90 Å². The normalized spacial score (nSPS) is 14.4. The first-order valence-corrected chi connectivity index (χ1v) is 11.8. The fraction of sp³-hybridized carbons (Fsp3) is 0.381. The van der Waals surface area contributed by atoms with Crippen LogP contribution in [0, 0.1) is 0 Å². The molecule has 1 aliphatic heterocycles. The highest BCUT2D eigenvalue weighted by Gasteiger charge is 2.25. The number of hydrogen-bond donors (Lipinski definition) is 0. The molecule has 8 heteroatoms. The predicted molar refractivity (Wildman–Crippen MR) is 118 cm³/mol. The SMILES string of the molecule is CN(Cc1ccccc1N1CCCC1)C(=O)CN(C)S(=O)(=O)c1ccc(Br)cc1. The molecule has 0 radical (unpaired) electrons. The average molecular weight is 480 g/mol. The Morgan fingerprint density at radius 3 is 2.31 bits per heavy atom. The van der Waals surface area contributed by atoms with Crippen LogP contribution in [0.5, 0.6) is 0 Å². The zero-order valence-corrected chi connectivity index (χ0v) is 19.1. The lowest BCUT2D eigenvalue weighted by atomic mass is 10.1. The molecule has 6 nitrogen and oxygen atoms in total. The molecule has 0 bridgehead atoms. The summed E-state index contributed by atoms with van der Waals surface area (Å²) in [5.41, 5.74) is 2.23. The number of hydrogen-bond acceptors (Lipinski definition) is 4. The van der Waals surface area contributed by atoms with E-state index >= 15 is 0 Å². The van der Waals surface area contributed by atoms with Gasteiger partial charge < -0.3 is 9.80 Å². The quantitative estimate of drug-likeness (QED) is 0.610. The smallest absolute Gasteiger partial charge is 0.243 e. The van der Waals surface area contributed by atoms with Crippen molar-refractivity contribution in [1.82, 2.24) is 9.21 Å². The van der Waals surface area contributed by atoms with Crippen molar-refractivity contribution in [2.75, 3.05) is 38.6 Å². The molecule has 0 aromatic heterocycles. The highest BCUT2D eigenvalue weighted by Crippen LogP contribution is 2.25. The summed E-state index contributed by atoms with van der Waals surface area (Å²) in [5.74, 6) is -0.246. The van der Waals surface area contributed by atoms with Gasteiger partial charge in [-0.25, -0.2) is 8.42 Å². The number of halogens is 1. The van der Waals surface area contributed by atoms with Gasteiger partial charge in [-0.1, -0.05) is 34.1 Å². The number of rotatable bonds is 7. The van der Waals surface area contributed by atoms with Crippen molar-refractivity contribution < 1.29 is 13.2 Å². The molecule has 0 N–H and O–H groups in total.